The largest absolute Gasteiger partial charge is 0.331 e. The van der Waals surface area contributed by atoms with Crippen molar-refractivity contribution in [3.8, 4) is 0 Å². The van der Waals surface area contributed by atoms with E-state index < -0.39 is 0 Å². The quantitative estimate of drug-likeness (QED) is 0.497. The second-order valence-corrected chi connectivity index (χ2v) is 6.86. The van der Waals surface area contributed by atoms with Crippen molar-refractivity contribution >= 4 is 28.4 Å². The third-order valence-corrected chi connectivity index (χ3v) is 4.83. The van der Waals surface area contributed by atoms with Gasteiger partial charge in [-0.3, -0.25) is 0 Å². The Hall–Kier alpha value is -3.67. The van der Waals surface area contributed by atoms with E-state index in [4.69, 9.17) is 4.98 Å². The van der Waals surface area contributed by atoms with Gasteiger partial charge in [-0.1, -0.05) is 24.3 Å². The Morgan fingerprint density at radius 1 is 0.897 bits per heavy atom. The highest BCUT2D eigenvalue weighted by Crippen LogP contribution is 2.17. The predicted molar refractivity (Wildman–Crippen MR) is 114 cm³/mol. The summed E-state index contributed by atoms with van der Waals surface area (Å²) in [6.07, 6.45) is 1.70. The minimum atomic E-state index is -0.371. The van der Waals surface area contributed by atoms with E-state index in [1.54, 1.807) is 0 Å². The molecule has 0 fully saturated rings. The number of imidazole rings is 1. The van der Waals surface area contributed by atoms with Crippen molar-refractivity contribution in [1.29, 1.82) is 0 Å². The second kappa shape index (κ2) is 8.14. The Bertz CT molecular complexity index is 1130. The van der Waals surface area contributed by atoms with E-state index in [0.29, 0.717) is 11.4 Å². The average molecular weight is 388 g/mol. The van der Waals surface area contributed by atoms with Crippen LogP contribution in [0.3, 0.4) is 0 Å². The van der Waals surface area contributed by atoms with Gasteiger partial charge in [-0.25, -0.2) is 14.2 Å². The molecule has 0 unspecified atom stereocenters. The maximum absolute atomic E-state index is 12.9. The Labute approximate surface area is 168 Å². The molecule has 3 aromatic carbocycles. The summed E-state index contributed by atoms with van der Waals surface area (Å²) in [6, 6.07) is 21.1. The van der Waals surface area contributed by atoms with Crippen LogP contribution >= 0.6 is 0 Å². The first-order chi connectivity index (χ1) is 14.1. The van der Waals surface area contributed by atoms with Crippen LogP contribution in [0.25, 0.3) is 11.0 Å². The molecule has 6 heteroatoms. The molecule has 0 saturated heterocycles. The summed E-state index contributed by atoms with van der Waals surface area (Å²) in [6.45, 7) is 0. The predicted octanol–water partition coefficient (Wildman–Crippen LogP) is 5.14. The summed E-state index contributed by atoms with van der Waals surface area (Å²) in [5.41, 5.74) is 4.53. The molecule has 4 aromatic rings. The third-order valence-electron chi connectivity index (χ3n) is 4.83. The Morgan fingerprint density at radius 3 is 2.17 bits per heavy atom. The number of hydrogen-bond acceptors (Lipinski definition) is 2. The lowest BCUT2D eigenvalue weighted by molar-refractivity contribution is 0.262. The number of halogens is 1. The standard InChI is InChI=1S/C23H21FN4O/c1-28-21-5-3-2-4-20(21)27-22(28)15-8-16-6-11-18(12-7-16)25-23(29)26-19-13-9-17(24)10-14-19/h2-7,9-14H,8,15H2,1H3,(H2,25,26,29). The number of hydrogen-bond donors (Lipinski definition) is 2. The molecule has 1 aromatic heterocycles. The smallest absolute Gasteiger partial charge is 0.323 e. The average Bonchev–Trinajstić information content (AvgIpc) is 3.05. The molecule has 0 saturated carbocycles. The first-order valence-electron chi connectivity index (χ1n) is 9.41. The molecule has 0 bridgehead atoms. The number of nitrogens with one attached hydrogen (secondary N) is 2. The molecular weight excluding hydrogens is 367 g/mol. The van der Waals surface area contributed by atoms with Crippen LogP contribution in [0, 0.1) is 5.82 Å². The van der Waals surface area contributed by atoms with Crippen molar-refractivity contribution in [2.24, 2.45) is 7.05 Å². The zero-order chi connectivity index (χ0) is 20.2. The minimum Gasteiger partial charge on any atom is -0.331 e. The van der Waals surface area contributed by atoms with Gasteiger partial charge in [0.25, 0.3) is 0 Å². The van der Waals surface area contributed by atoms with Crippen LogP contribution in [0.1, 0.15) is 11.4 Å². The molecule has 0 aliphatic carbocycles. The van der Waals surface area contributed by atoms with Gasteiger partial charge in [-0.2, -0.15) is 0 Å². The first-order valence-corrected chi connectivity index (χ1v) is 9.41. The summed E-state index contributed by atoms with van der Waals surface area (Å²) in [5, 5.41) is 5.44. The fourth-order valence-electron chi connectivity index (χ4n) is 3.26. The second-order valence-electron chi connectivity index (χ2n) is 6.86. The molecular formula is C23H21FN4O. The fourth-order valence-corrected chi connectivity index (χ4v) is 3.26. The highest BCUT2D eigenvalue weighted by molar-refractivity contribution is 5.99. The number of carbonyl (C=O) groups excluding carboxylic acids is 1. The number of rotatable bonds is 5. The molecule has 0 aliphatic rings. The highest BCUT2D eigenvalue weighted by Gasteiger charge is 2.08. The monoisotopic (exact) mass is 388 g/mol. The van der Waals surface area contributed by atoms with Crippen molar-refractivity contribution in [1.82, 2.24) is 9.55 Å². The van der Waals surface area contributed by atoms with Crippen molar-refractivity contribution in [3.63, 3.8) is 0 Å². The summed E-state index contributed by atoms with van der Waals surface area (Å²) in [4.78, 5) is 16.8. The number of aromatic nitrogens is 2. The lowest BCUT2D eigenvalue weighted by atomic mass is 10.1. The van der Waals surface area contributed by atoms with Crippen LogP contribution in [-0.2, 0) is 19.9 Å². The molecule has 29 heavy (non-hydrogen) atoms. The van der Waals surface area contributed by atoms with Crippen molar-refractivity contribution in [2.75, 3.05) is 10.6 Å². The van der Waals surface area contributed by atoms with E-state index in [1.807, 2.05) is 49.5 Å². The number of urea groups is 1. The summed E-state index contributed by atoms with van der Waals surface area (Å²) < 4.78 is 15.1. The number of carbonyl (C=O) groups is 1. The third kappa shape index (κ3) is 4.43. The number of benzene rings is 3. The van der Waals surface area contributed by atoms with Crippen LogP contribution in [0.2, 0.25) is 0 Å². The Balaban J connectivity index is 1.34. The van der Waals surface area contributed by atoms with Gasteiger partial charge < -0.3 is 15.2 Å². The molecule has 0 aliphatic heterocycles. The molecule has 4 rings (SSSR count). The molecule has 1 heterocycles. The number of anilines is 2. The Kier molecular flexibility index (Phi) is 5.24. The van der Waals surface area contributed by atoms with E-state index in [0.717, 1.165) is 29.7 Å². The molecule has 0 spiro atoms. The molecule has 0 radical (unpaired) electrons. The van der Waals surface area contributed by atoms with E-state index in [1.165, 1.54) is 29.8 Å². The Morgan fingerprint density at radius 2 is 1.52 bits per heavy atom. The summed E-state index contributed by atoms with van der Waals surface area (Å²) in [7, 11) is 2.04. The topological polar surface area (TPSA) is 59.0 Å². The van der Waals surface area contributed by atoms with E-state index in [2.05, 4.69) is 21.3 Å². The molecule has 5 nitrogen and oxygen atoms in total. The van der Waals surface area contributed by atoms with Crippen molar-refractivity contribution < 1.29 is 9.18 Å². The number of amides is 2. The number of nitrogens with zero attached hydrogens (tertiary/aromatic N) is 2. The first kappa shape index (κ1) is 18.7. The van der Waals surface area contributed by atoms with Crippen LogP contribution in [0.4, 0.5) is 20.6 Å². The van der Waals surface area contributed by atoms with Gasteiger partial charge in [0.1, 0.15) is 11.6 Å². The van der Waals surface area contributed by atoms with Crippen molar-refractivity contribution in [2.45, 2.75) is 12.8 Å². The summed E-state index contributed by atoms with van der Waals surface area (Å²) >= 11 is 0. The number of aryl methyl sites for hydroxylation is 3. The van der Waals surface area contributed by atoms with E-state index >= 15 is 0 Å². The zero-order valence-corrected chi connectivity index (χ0v) is 16.0. The highest BCUT2D eigenvalue weighted by atomic mass is 19.1. The molecule has 0 atom stereocenters. The van der Waals surface area contributed by atoms with Gasteiger partial charge >= 0.3 is 6.03 Å². The number of para-hydroxylation sites is 2. The van der Waals surface area contributed by atoms with Gasteiger partial charge in [0.2, 0.25) is 0 Å². The van der Waals surface area contributed by atoms with Crippen LogP contribution in [-0.4, -0.2) is 15.6 Å². The van der Waals surface area contributed by atoms with Crippen LogP contribution < -0.4 is 10.6 Å². The van der Waals surface area contributed by atoms with Crippen molar-refractivity contribution in [3.05, 3.63) is 90.0 Å². The lowest BCUT2D eigenvalue weighted by Gasteiger charge is -2.09. The molecule has 2 amide bonds. The fraction of sp³-hybridized carbons (Fsp3) is 0.130. The zero-order valence-electron chi connectivity index (χ0n) is 16.0. The lowest BCUT2D eigenvalue weighted by Crippen LogP contribution is -2.19. The molecule has 2 N–H and O–H groups in total. The molecule has 146 valence electrons. The van der Waals surface area contributed by atoms with Gasteiger partial charge in [-0.15, -0.1) is 0 Å². The van der Waals surface area contributed by atoms with Crippen LogP contribution in [0.5, 0.6) is 0 Å². The van der Waals surface area contributed by atoms with E-state index in [-0.39, 0.29) is 11.8 Å². The normalized spacial score (nSPS) is 10.8. The SMILES string of the molecule is Cn1c(CCc2ccc(NC(=O)Nc3ccc(F)cc3)cc2)nc2ccccc21. The van der Waals surface area contributed by atoms with Gasteiger partial charge in [0, 0.05) is 24.8 Å². The minimum absolute atomic E-state index is 0.342. The van der Waals surface area contributed by atoms with Gasteiger partial charge in [-0.05, 0) is 60.5 Å². The van der Waals surface area contributed by atoms with Gasteiger partial charge in [0.05, 0.1) is 11.0 Å². The van der Waals surface area contributed by atoms with E-state index in [9.17, 15) is 9.18 Å². The maximum Gasteiger partial charge on any atom is 0.323 e. The maximum atomic E-state index is 12.9. The summed E-state index contributed by atoms with van der Waals surface area (Å²) in [5.74, 6) is 0.706. The number of fused-ring (bicyclic) bond motifs is 1. The van der Waals surface area contributed by atoms with Crippen LogP contribution in [0.15, 0.2) is 72.8 Å². The van der Waals surface area contributed by atoms with Gasteiger partial charge in [0.15, 0.2) is 0 Å².